The molecule has 24 heavy (non-hydrogen) atoms. The van der Waals surface area contributed by atoms with E-state index in [0.717, 1.165) is 17.7 Å². The number of nitrogens with one attached hydrogen (secondary N) is 1. The number of carbonyl (C=O) groups excluding carboxylic acids is 2. The van der Waals surface area contributed by atoms with Crippen molar-refractivity contribution in [2.24, 2.45) is 0 Å². The highest BCUT2D eigenvalue weighted by Gasteiger charge is 2.27. The molecule has 0 fully saturated rings. The highest BCUT2D eigenvalue weighted by Crippen LogP contribution is 2.23. The van der Waals surface area contributed by atoms with Gasteiger partial charge in [-0.15, -0.1) is 0 Å². The van der Waals surface area contributed by atoms with Crippen molar-refractivity contribution in [3.63, 3.8) is 0 Å². The van der Waals surface area contributed by atoms with E-state index in [2.05, 4.69) is 10.4 Å². The van der Waals surface area contributed by atoms with Crippen molar-refractivity contribution in [3.8, 4) is 11.3 Å². The molecule has 1 N–H and O–H groups in total. The molecule has 1 aromatic heterocycles. The van der Waals surface area contributed by atoms with Crippen LogP contribution in [-0.2, 0) is 11.3 Å². The Hall–Kier alpha value is -2.34. The van der Waals surface area contributed by atoms with Gasteiger partial charge in [0.15, 0.2) is 0 Å². The fourth-order valence-corrected chi connectivity index (χ4v) is 2.77. The number of fused-ring (bicyclic) bond motifs is 1. The standard InChI is InChI=1S/C17H19ClN4O2/c1-2-7-19-16(23)11-21-8-9-22-15(17(21)24)10-14(20-22)12-3-5-13(18)6-4-12/h3-6,10H,2,7-9,11H2,1H3,(H,19,23). The van der Waals surface area contributed by atoms with Gasteiger partial charge in [-0.1, -0.05) is 30.7 Å². The van der Waals surface area contributed by atoms with Gasteiger partial charge in [-0.2, -0.15) is 5.10 Å². The lowest BCUT2D eigenvalue weighted by molar-refractivity contribution is -0.121. The highest BCUT2D eigenvalue weighted by atomic mass is 35.5. The monoisotopic (exact) mass is 346 g/mol. The second-order valence-corrected chi connectivity index (χ2v) is 6.16. The van der Waals surface area contributed by atoms with Crippen LogP contribution in [0.4, 0.5) is 0 Å². The van der Waals surface area contributed by atoms with Gasteiger partial charge >= 0.3 is 0 Å². The summed E-state index contributed by atoms with van der Waals surface area (Å²) in [5, 5.41) is 7.94. The Morgan fingerprint density at radius 2 is 2.04 bits per heavy atom. The number of hydrogen-bond acceptors (Lipinski definition) is 3. The van der Waals surface area contributed by atoms with Gasteiger partial charge in [0.05, 0.1) is 18.8 Å². The van der Waals surface area contributed by atoms with Crippen LogP contribution in [0.15, 0.2) is 30.3 Å². The van der Waals surface area contributed by atoms with Crippen LogP contribution in [0.2, 0.25) is 5.02 Å². The summed E-state index contributed by atoms with van der Waals surface area (Å²) in [5.41, 5.74) is 2.14. The Morgan fingerprint density at radius 3 is 2.75 bits per heavy atom. The van der Waals surface area contributed by atoms with E-state index >= 15 is 0 Å². The maximum absolute atomic E-state index is 12.6. The molecule has 0 saturated carbocycles. The lowest BCUT2D eigenvalue weighted by Gasteiger charge is -2.26. The molecule has 2 aromatic rings. The number of aromatic nitrogens is 2. The Bertz CT molecular complexity index is 754. The van der Waals surface area contributed by atoms with E-state index in [1.54, 1.807) is 27.8 Å². The van der Waals surface area contributed by atoms with E-state index in [-0.39, 0.29) is 18.4 Å². The van der Waals surface area contributed by atoms with Crippen molar-refractivity contribution < 1.29 is 9.59 Å². The minimum absolute atomic E-state index is 0.0836. The van der Waals surface area contributed by atoms with Crippen LogP contribution in [0.1, 0.15) is 23.8 Å². The summed E-state index contributed by atoms with van der Waals surface area (Å²) >= 11 is 5.90. The first-order valence-electron chi connectivity index (χ1n) is 7.98. The molecule has 6 nitrogen and oxygen atoms in total. The molecule has 1 aromatic carbocycles. The van der Waals surface area contributed by atoms with E-state index < -0.39 is 0 Å². The topological polar surface area (TPSA) is 67.2 Å². The van der Waals surface area contributed by atoms with Crippen LogP contribution >= 0.6 is 11.6 Å². The summed E-state index contributed by atoms with van der Waals surface area (Å²) < 4.78 is 1.70. The molecule has 0 saturated heterocycles. The minimum atomic E-state index is -0.166. The van der Waals surface area contributed by atoms with Crippen LogP contribution in [0.3, 0.4) is 0 Å². The van der Waals surface area contributed by atoms with Gasteiger partial charge in [0.25, 0.3) is 5.91 Å². The second-order valence-electron chi connectivity index (χ2n) is 5.72. The Morgan fingerprint density at radius 1 is 1.29 bits per heavy atom. The molecule has 1 aliphatic rings. The Balaban J connectivity index is 1.76. The fourth-order valence-electron chi connectivity index (χ4n) is 2.64. The van der Waals surface area contributed by atoms with Gasteiger partial charge in [0.2, 0.25) is 5.91 Å². The number of carbonyl (C=O) groups is 2. The molecule has 0 atom stereocenters. The minimum Gasteiger partial charge on any atom is -0.355 e. The van der Waals surface area contributed by atoms with E-state index in [4.69, 9.17) is 11.6 Å². The molecule has 7 heteroatoms. The van der Waals surface area contributed by atoms with Crippen LogP contribution in [0.5, 0.6) is 0 Å². The molecule has 2 heterocycles. The highest BCUT2D eigenvalue weighted by molar-refractivity contribution is 6.30. The average Bonchev–Trinajstić information content (AvgIpc) is 3.01. The van der Waals surface area contributed by atoms with Gasteiger partial charge in [-0.05, 0) is 24.6 Å². The molecular formula is C17H19ClN4O2. The van der Waals surface area contributed by atoms with Crippen molar-refractivity contribution in [1.29, 1.82) is 0 Å². The normalized spacial score (nSPS) is 13.8. The van der Waals surface area contributed by atoms with Crippen molar-refractivity contribution in [1.82, 2.24) is 20.0 Å². The zero-order chi connectivity index (χ0) is 17.1. The first-order valence-corrected chi connectivity index (χ1v) is 8.36. The molecule has 2 amide bonds. The summed E-state index contributed by atoms with van der Waals surface area (Å²) in [4.78, 5) is 26.0. The molecule has 126 valence electrons. The number of nitrogens with zero attached hydrogens (tertiary/aromatic N) is 3. The third kappa shape index (κ3) is 3.43. The third-order valence-electron chi connectivity index (χ3n) is 3.91. The molecule has 0 bridgehead atoms. The smallest absolute Gasteiger partial charge is 0.272 e. The Labute approximate surface area is 145 Å². The van der Waals surface area contributed by atoms with Crippen LogP contribution < -0.4 is 5.32 Å². The molecule has 0 aliphatic carbocycles. The SMILES string of the molecule is CCCNC(=O)CN1CCn2nc(-c3ccc(Cl)cc3)cc2C1=O. The van der Waals surface area contributed by atoms with Crippen LogP contribution in [0, 0.1) is 0 Å². The largest absolute Gasteiger partial charge is 0.355 e. The predicted octanol–water partition coefficient (Wildman–Crippen LogP) is 2.19. The maximum atomic E-state index is 12.6. The summed E-state index contributed by atoms with van der Waals surface area (Å²) in [5.74, 6) is -0.295. The second kappa shape index (κ2) is 7.05. The maximum Gasteiger partial charge on any atom is 0.272 e. The number of halogens is 1. The van der Waals surface area contributed by atoms with Gasteiger partial charge < -0.3 is 10.2 Å². The van der Waals surface area contributed by atoms with Gasteiger partial charge in [0, 0.05) is 23.7 Å². The molecule has 0 radical (unpaired) electrons. The quantitative estimate of drug-likeness (QED) is 0.902. The number of benzene rings is 1. The summed E-state index contributed by atoms with van der Waals surface area (Å²) in [6.45, 7) is 3.76. The molecule has 0 spiro atoms. The predicted molar refractivity (Wildman–Crippen MR) is 91.9 cm³/mol. The zero-order valence-electron chi connectivity index (χ0n) is 13.5. The lowest BCUT2D eigenvalue weighted by atomic mass is 10.1. The van der Waals surface area contributed by atoms with E-state index in [9.17, 15) is 9.59 Å². The molecule has 0 unspecified atom stereocenters. The van der Waals surface area contributed by atoms with Gasteiger partial charge in [-0.3, -0.25) is 14.3 Å². The lowest BCUT2D eigenvalue weighted by Crippen LogP contribution is -2.45. The van der Waals surface area contributed by atoms with Crippen molar-refractivity contribution >= 4 is 23.4 Å². The summed E-state index contributed by atoms with van der Waals surface area (Å²) in [6, 6.07) is 9.10. The first-order chi connectivity index (χ1) is 11.6. The first kappa shape index (κ1) is 16.5. The van der Waals surface area contributed by atoms with Crippen molar-refractivity contribution in [3.05, 3.63) is 41.0 Å². The number of rotatable bonds is 5. The van der Waals surface area contributed by atoms with Gasteiger partial charge in [-0.25, -0.2) is 0 Å². The van der Waals surface area contributed by atoms with E-state index in [1.165, 1.54) is 0 Å². The molecular weight excluding hydrogens is 328 g/mol. The molecule has 1 aliphatic heterocycles. The van der Waals surface area contributed by atoms with Crippen LogP contribution in [0.25, 0.3) is 11.3 Å². The van der Waals surface area contributed by atoms with Gasteiger partial charge in [0.1, 0.15) is 5.69 Å². The zero-order valence-corrected chi connectivity index (χ0v) is 14.2. The summed E-state index contributed by atoms with van der Waals surface area (Å²) in [6.07, 6.45) is 0.872. The fraction of sp³-hybridized carbons (Fsp3) is 0.353. The average molecular weight is 347 g/mol. The number of hydrogen-bond donors (Lipinski definition) is 1. The Kier molecular flexibility index (Phi) is 4.85. The van der Waals surface area contributed by atoms with Crippen LogP contribution in [-0.4, -0.2) is 46.1 Å². The van der Waals surface area contributed by atoms with Crippen molar-refractivity contribution in [2.75, 3.05) is 19.6 Å². The van der Waals surface area contributed by atoms with Crippen molar-refractivity contribution in [2.45, 2.75) is 19.9 Å². The summed E-state index contributed by atoms with van der Waals surface area (Å²) in [7, 11) is 0. The third-order valence-corrected chi connectivity index (χ3v) is 4.17. The molecule has 3 rings (SSSR count). The van der Waals surface area contributed by atoms with E-state index in [1.807, 2.05) is 19.1 Å². The number of amides is 2. The van der Waals surface area contributed by atoms with E-state index in [0.29, 0.717) is 30.4 Å².